The smallest absolute Gasteiger partial charge is 0.159 e. The van der Waals surface area contributed by atoms with Crippen LogP contribution in [-0.2, 0) is 6.42 Å². The van der Waals surface area contributed by atoms with Crippen molar-refractivity contribution < 1.29 is 8.78 Å². The predicted molar refractivity (Wildman–Crippen MR) is 82.4 cm³/mol. The van der Waals surface area contributed by atoms with Crippen molar-refractivity contribution in [3.8, 4) is 0 Å². The summed E-state index contributed by atoms with van der Waals surface area (Å²) < 4.78 is 26.5. The van der Waals surface area contributed by atoms with E-state index in [2.05, 4.69) is 37.4 Å². The summed E-state index contributed by atoms with van der Waals surface area (Å²) >= 11 is 0. The standard InChI is InChI=1S/C18H21F2N/c1-4-21-18(15-7-8-16(19)17(20)11-15)10-14-6-5-12(2)13(3)9-14/h5-9,11,18,21H,4,10H2,1-3H3. The molecule has 1 N–H and O–H groups in total. The van der Waals surface area contributed by atoms with Crippen molar-refractivity contribution in [1.29, 1.82) is 0 Å². The zero-order chi connectivity index (χ0) is 15.4. The van der Waals surface area contributed by atoms with Crippen LogP contribution in [-0.4, -0.2) is 6.54 Å². The van der Waals surface area contributed by atoms with Crippen molar-refractivity contribution in [2.75, 3.05) is 6.54 Å². The van der Waals surface area contributed by atoms with Gasteiger partial charge in [0.05, 0.1) is 0 Å². The van der Waals surface area contributed by atoms with Crippen LogP contribution in [0.2, 0.25) is 0 Å². The van der Waals surface area contributed by atoms with Crippen LogP contribution in [0.1, 0.15) is 35.2 Å². The third-order valence-corrected chi connectivity index (χ3v) is 3.81. The number of likely N-dealkylation sites (N-methyl/N-ethyl adjacent to an activating group) is 1. The molecule has 0 saturated carbocycles. The molecule has 0 spiro atoms. The fourth-order valence-electron chi connectivity index (χ4n) is 2.45. The first-order chi connectivity index (χ1) is 10.0. The van der Waals surface area contributed by atoms with Gasteiger partial charge < -0.3 is 5.32 Å². The van der Waals surface area contributed by atoms with Gasteiger partial charge in [-0.25, -0.2) is 8.78 Å². The maximum atomic E-state index is 13.4. The molecule has 2 aromatic carbocycles. The fraction of sp³-hybridized carbons (Fsp3) is 0.333. The van der Waals surface area contributed by atoms with Crippen molar-refractivity contribution in [1.82, 2.24) is 5.32 Å². The lowest BCUT2D eigenvalue weighted by Gasteiger charge is -2.19. The Labute approximate surface area is 125 Å². The first-order valence-electron chi connectivity index (χ1n) is 7.25. The van der Waals surface area contributed by atoms with Crippen LogP contribution >= 0.6 is 0 Å². The molecule has 21 heavy (non-hydrogen) atoms. The van der Waals surface area contributed by atoms with Crippen molar-refractivity contribution in [2.24, 2.45) is 0 Å². The van der Waals surface area contributed by atoms with Crippen molar-refractivity contribution >= 4 is 0 Å². The highest BCUT2D eigenvalue weighted by Gasteiger charge is 2.14. The number of hydrogen-bond acceptors (Lipinski definition) is 1. The molecule has 2 rings (SSSR count). The molecule has 0 bridgehead atoms. The number of aryl methyl sites for hydroxylation is 2. The normalized spacial score (nSPS) is 12.4. The molecule has 0 amide bonds. The number of benzene rings is 2. The van der Waals surface area contributed by atoms with E-state index in [9.17, 15) is 8.78 Å². The highest BCUT2D eigenvalue weighted by atomic mass is 19.2. The molecule has 0 heterocycles. The Kier molecular flexibility index (Phi) is 5.07. The van der Waals surface area contributed by atoms with E-state index >= 15 is 0 Å². The minimum absolute atomic E-state index is 0.0211. The molecule has 3 heteroatoms. The summed E-state index contributed by atoms with van der Waals surface area (Å²) in [5.74, 6) is -1.60. The molecule has 2 aromatic rings. The summed E-state index contributed by atoms with van der Waals surface area (Å²) in [5.41, 5.74) is 4.46. The van der Waals surface area contributed by atoms with Crippen molar-refractivity contribution in [3.05, 3.63) is 70.3 Å². The molecule has 1 atom stereocenters. The Bertz CT molecular complexity index is 623. The second-order valence-corrected chi connectivity index (χ2v) is 5.41. The quantitative estimate of drug-likeness (QED) is 0.856. The minimum atomic E-state index is -0.805. The van der Waals surface area contributed by atoms with Crippen molar-refractivity contribution in [3.63, 3.8) is 0 Å². The maximum Gasteiger partial charge on any atom is 0.159 e. The van der Waals surface area contributed by atoms with Gasteiger partial charge in [0.2, 0.25) is 0 Å². The van der Waals surface area contributed by atoms with E-state index in [0.717, 1.165) is 18.5 Å². The molecule has 0 aliphatic carbocycles. The van der Waals surface area contributed by atoms with Gasteiger partial charge in [-0.15, -0.1) is 0 Å². The van der Waals surface area contributed by atoms with E-state index < -0.39 is 11.6 Å². The Morgan fingerprint density at radius 1 is 0.952 bits per heavy atom. The van der Waals surface area contributed by atoms with E-state index in [0.29, 0.717) is 0 Å². The highest BCUT2D eigenvalue weighted by Crippen LogP contribution is 2.22. The second-order valence-electron chi connectivity index (χ2n) is 5.41. The second kappa shape index (κ2) is 6.81. The summed E-state index contributed by atoms with van der Waals surface area (Å²) in [6.45, 7) is 6.94. The van der Waals surface area contributed by atoms with Gasteiger partial charge in [0, 0.05) is 6.04 Å². The molecule has 0 aliphatic heterocycles. The largest absolute Gasteiger partial charge is 0.310 e. The van der Waals surface area contributed by atoms with Gasteiger partial charge in [-0.3, -0.25) is 0 Å². The molecule has 1 nitrogen and oxygen atoms in total. The summed E-state index contributed by atoms with van der Waals surface area (Å²) in [5, 5.41) is 3.34. The topological polar surface area (TPSA) is 12.0 Å². The number of halogens is 2. The molecule has 112 valence electrons. The minimum Gasteiger partial charge on any atom is -0.310 e. The van der Waals surface area contributed by atoms with E-state index in [1.807, 2.05) is 6.92 Å². The van der Waals surface area contributed by atoms with Crippen LogP contribution in [0, 0.1) is 25.5 Å². The monoisotopic (exact) mass is 289 g/mol. The van der Waals surface area contributed by atoms with Gasteiger partial charge in [0.15, 0.2) is 11.6 Å². The summed E-state index contributed by atoms with van der Waals surface area (Å²) in [7, 11) is 0. The SMILES string of the molecule is CCNC(Cc1ccc(C)c(C)c1)c1ccc(F)c(F)c1. The van der Waals surface area contributed by atoms with Gasteiger partial charge in [0.1, 0.15) is 0 Å². The van der Waals surface area contributed by atoms with Crippen LogP contribution in [0.4, 0.5) is 8.78 Å². The number of nitrogens with one attached hydrogen (secondary N) is 1. The molecule has 0 aromatic heterocycles. The lowest BCUT2D eigenvalue weighted by atomic mass is 9.96. The fourth-order valence-corrected chi connectivity index (χ4v) is 2.45. The first-order valence-corrected chi connectivity index (χ1v) is 7.25. The number of hydrogen-bond donors (Lipinski definition) is 1. The highest BCUT2D eigenvalue weighted by molar-refractivity contribution is 5.32. The van der Waals surface area contributed by atoms with E-state index in [4.69, 9.17) is 0 Å². The first kappa shape index (κ1) is 15.6. The van der Waals surface area contributed by atoms with Crippen LogP contribution < -0.4 is 5.32 Å². The molecule has 1 unspecified atom stereocenters. The molecular formula is C18H21F2N. The Morgan fingerprint density at radius 3 is 2.33 bits per heavy atom. The zero-order valence-electron chi connectivity index (χ0n) is 12.7. The van der Waals surface area contributed by atoms with Gasteiger partial charge in [-0.2, -0.15) is 0 Å². The van der Waals surface area contributed by atoms with Crippen LogP contribution in [0.3, 0.4) is 0 Å². The molecule has 0 saturated heterocycles. The van der Waals surface area contributed by atoms with Gasteiger partial charge in [-0.05, 0) is 61.2 Å². The van der Waals surface area contributed by atoms with Gasteiger partial charge in [-0.1, -0.05) is 31.2 Å². The average molecular weight is 289 g/mol. The summed E-state index contributed by atoms with van der Waals surface area (Å²) in [6, 6.07) is 10.4. The molecule has 0 aliphatic rings. The van der Waals surface area contributed by atoms with Crippen LogP contribution in [0.5, 0.6) is 0 Å². The average Bonchev–Trinajstić information content (AvgIpc) is 2.45. The zero-order valence-corrected chi connectivity index (χ0v) is 12.7. The predicted octanol–water partition coefficient (Wildman–Crippen LogP) is 4.47. The third-order valence-electron chi connectivity index (χ3n) is 3.81. The van der Waals surface area contributed by atoms with Crippen LogP contribution in [0.15, 0.2) is 36.4 Å². The molecular weight excluding hydrogens is 268 g/mol. The van der Waals surface area contributed by atoms with E-state index in [1.54, 1.807) is 6.07 Å². The van der Waals surface area contributed by atoms with Gasteiger partial charge in [0.25, 0.3) is 0 Å². The lowest BCUT2D eigenvalue weighted by molar-refractivity contribution is 0.497. The lowest BCUT2D eigenvalue weighted by Crippen LogP contribution is -2.23. The van der Waals surface area contributed by atoms with Crippen molar-refractivity contribution in [2.45, 2.75) is 33.2 Å². The van der Waals surface area contributed by atoms with Crippen LogP contribution in [0.25, 0.3) is 0 Å². The maximum absolute atomic E-state index is 13.4. The Hall–Kier alpha value is -1.74. The Morgan fingerprint density at radius 2 is 1.71 bits per heavy atom. The van der Waals surface area contributed by atoms with E-state index in [1.165, 1.54) is 28.8 Å². The third kappa shape index (κ3) is 3.88. The van der Waals surface area contributed by atoms with E-state index in [-0.39, 0.29) is 6.04 Å². The Balaban J connectivity index is 2.25. The molecule has 0 radical (unpaired) electrons. The summed E-state index contributed by atoms with van der Waals surface area (Å²) in [6.07, 6.45) is 0.750. The number of rotatable bonds is 5. The molecule has 0 fully saturated rings. The summed E-state index contributed by atoms with van der Waals surface area (Å²) in [4.78, 5) is 0. The van der Waals surface area contributed by atoms with Gasteiger partial charge >= 0.3 is 0 Å².